The predicted molar refractivity (Wildman–Crippen MR) is 57.0 cm³/mol. The number of benzene rings is 1. The van der Waals surface area contributed by atoms with E-state index in [1.807, 2.05) is 31.2 Å². The zero-order chi connectivity index (χ0) is 10.4. The van der Waals surface area contributed by atoms with Gasteiger partial charge in [0.1, 0.15) is 0 Å². The third-order valence-corrected chi connectivity index (χ3v) is 1.91. The molecule has 0 heterocycles. The van der Waals surface area contributed by atoms with Crippen LogP contribution in [0.1, 0.15) is 22.8 Å². The first-order valence-corrected chi connectivity index (χ1v) is 4.48. The van der Waals surface area contributed by atoms with E-state index in [0.717, 1.165) is 12.0 Å². The van der Waals surface area contributed by atoms with E-state index in [1.165, 1.54) is 0 Å². The van der Waals surface area contributed by atoms with Gasteiger partial charge in [0.15, 0.2) is 0 Å². The molecule has 0 radical (unpaired) electrons. The molecule has 1 rings (SSSR count). The molecule has 0 aromatic heterocycles. The standard InChI is InChI=1S/C12H13NO/c1-3-4-5-10-6-8-11(9-7-10)12(14)13-2/h6-9H,5H2,1-2H3,(H,13,14). The maximum atomic E-state index is 11.2. The average Bonchev–Trinajstić information content (AvgIpc) is 2.26. The van der Waals surface area contributed by atoms with Gasteiger partial charge in [-0.3, -0.25) is 4.79 Å². The molecule has 0 aliphatic carbocycles. The first-order chi connectivity index (χ1) is 6.77. The fraction of sp³-hybridized carbons (Fsp3) is 0.250. The van der Waals surface area contributed by atoms with Gasteiger partial charge in [-0.15, -0.1) is 5.92 Å². The second-order valence-electron chi connectivity index (χ2n) is 2.88. The number of carbonyl (C=O) groups is 1. The van der Waals surface area contributed by atoms with E-state index < -0.39 is 0 Å². The Morgan fingerprint density at radius 3 is 2.50 bits per heavy atom. The smallest absolute Gasteiger partial charge is 0.251 e. The Kier molecular flexibility index (Phi) is 3.75. The molecule has 0 saturated carbocycles. The van der Waals surface area contributed by atoms with Gasteiger partial charge >= 0.3 is 0 Å². The van der Waals surface area contributed by atoms with Crippen LogP contribution < -0.4 is 5.32 Å². The summed E-state index contributed by atoms with van der Waals surface area (Å²) in [4.78, 5) is 11.2. The van der Waals surface area contributed by atoms with Gasteiger partial charge in [0.25, 0.3) is 5.91 Å². The molecule has 0 atom stereocenters. The molecule has 0 aliphatic heterocycles. The lowest BCUT2D eigenvalue weighted by Gasteiger charge is -2.00. The van der Waals surface area contributed by atoms with Crippen LogP contribution in [0.4, 0.5) is 0 Å². The van der Waals surface area contributed by atoms with E-state index in [0.29, 0.717) is 5.56 Å². The Balaban J connectivity index is 2.76. The molecular formula is C12H13NO. The Morgan fingerprint density at radius 1 is 1.36 bits per heavy atom. The van der Waals surface area contributed by atoms with Crippen LogP contribution in [-0.4, -0.2) is 13.0 Å². The summed E-state index contributed by atoms with van der Waals surface area (Å²) < 4.78 is 0. The van der Waals surface area contributed by atoms with Crippen molar-refractivity contribution in [1.82, 2.24) is 5.32 Å². The minimum atomic E-state index is -0.0573. The highest BCUT2D eigenvalue weighted by atomic mass is 16.1. The summed E-state index contributed by atoms with van der Waals surface area (Å²) in [5.41, 5.74) is 1.81. The number of hydrogen-bond acceptors (Lipinski definition) is 1. The minimum absolute atomic E-state index is 0.0573. The van der Waals surface area contributed by atoms with Crippen molar-refractivity contribution in [2.75, 3.05) is 7.05 Å². The number of rotatable bonds is 2. The predicted octanol–water partition coefficient (Wildman–Crippen LogP) is 1.61. The molecule has 0 bridgehead atoms. The van der Waals surface area contributed by atoms with Gasteiger partial charge in [-0.25, -0.2) is 0 Å². The van der Waals surface area contributed by atoms with Gasteiger partial charge in [-0.1, -0.05) is 18.1 Å². The topological polar surface area (TPSA) is 29.1 Å². The lowest BCUT2D eigenvalue weighted by atomic mass is 10.1. The fourth-order valence-electron chi connectivity index (χ4n) is 1.11. The Bertz CT molecular complexity index is 368. The summed E-state index contributed by atoms with van der Waals surface area (Å²) >= 11 is 0. The molecule has 2 nitrogen and oxygen atoms in total. The molecule has 1 aromatic carbocycles. The highest BCUT2D eigenvalue weighted by Gasteiger charge is 2.00. The second-order valence-corrected chi connectivity index (χ2v) is 2.88. The van der Waals surface area contributed by atoms with Crippen LogP contribution in [0.5, 0.6) is 0 Å². The van der Waals surface area contributed by atoms with Crippen molar-refractivity contribution >= 4 is 5.91 Å². The van der Waals surface area contributed by atoms with Gasteiger partial charge in [0.05, 0.1) is 0 Å². The van der Waals surface area contributed by atoms with E-state index in [4.69, 9.17) is 0 Å². The molecule has 0 spiro atoms. The van der Waals surface area contributed by atoms with E-state index in [2.05, 4.69) is 17.2 Å². The monoisotopic (exact) mass is 187 g/mol. The normalized spacial score (nSPS) is 8.71. The molecule has 1 N–H and O–H groups in total. The highest BCUT2D eigenvalue weighted by Crippen LogP contribution is 2.04. The third kappa shape index (κ3) is 2.63. The summed E-state index contributed by atoms with van der Waals surface area (Å²) in [6.45, 7) is 1.82. The first-order valence-electron chi connectivity index (χ1n) is 4.48. The maximum absolute atomic E-state index is 11.2. The van der Waals surface area contributed by atoms with Crippen molar-refractivity contribution in [3.05, 3.63) is 35.4 Å². The van der Waals surface area contributed by atoms with Crippen molar-refractivity contribution in [1.29, 1.82) is 0 Å². The molecule has 1 aromatic rings. The van der Waals surface area contributed by atoms with Crippen LogP contribution >= 0.6 is 0 Å². The quantitative estimate of drug-likeness (QED) is 0.700. The molecule has 1 amide bonds. The number of amides is 1. The van der Waals surface area contributed by atoms with Crippen LogP contribution in [0.15, 0.2) is 24.3 Å². The van der Waals surface area contributed by atoms with Crippen LogP contribution in [0.2, 0.25) is 0 Å². The molecule has 0 fully saturated rings. The molecule has 72 valence electrons. The van der Waals surface area contributed by atoms with E-state index in [1.54, 1.807) is 7.05 Å². The van der Waals surface area contributed by atoms with Gasteiger partial charge in [-0.2, -0.15) is 0 Å². The number of nitrogens with one attached hydrogen (secondary N) is 1. The SMILES string of the molecule is CC#CCc1ccc(C(=O)NC)cc1. The van der Waals surface area contributed by atoms with Gasteiger partial charge < -0.3 is 5.32 Å². The Labute approximate surface area is 84.3 Å². The molecule has 0 saturated heterocycles. The largest absolute Gasteiger partial charge is 0.355 e. The summed E-state index contributed by atoms with van der Waals surface area (Å²) in [6.07, 6.45) is 0.741. The Morgan fingerprint density at radius 2 is 2.00 bits per heavy atom. The van der Waals surface area contributed by atoms with E-state index in [9.17, 15) is 4.79 Å². The van der Waals surface area contributed by atoms with Crippen molar-refractivity contribution in [3.63, 3.8) is 0 Å². The van der Waals surface area contributed by atoms with Crippen LogP contribution in [0.3, 0.4) is 0 Å². The lowest BCUT2D eigenvalue weighted by Crippen LogP contribution is -2.17. The molecule has 14 heavy (non-hydrogen) atoms. The van der Waals surface area contributed by atoms with E-state index in [-0.39, 0.29) is 5.91 Å². The van der Waals surface area contributed by atoms with Gasteiger partial charge in [0.2, 0.25) is 0 Å². The fourth-order valence-corrected chi connectivity index (χ4v) is 1.11. The van der Waals surface area contributed by atoms with Crippen molar-refractivity contribution < 1.29 is 4.79 Å². The van der Waals surface area contributed by atoms with Crippen molar-refractivity contribution in [3.8, 4) is 11.8 Å². The number of carbonyl (C=O) groups excluding carboxylic acids is 1. The molecule has 2 heteroatoms. The summed E-state index contributed by atoms with van der Waals surface area (Å²) in [5, 5.41) is 2.58. The van der Waals surface area contributed by atoms with Crippen LogP contribution in [0.25, 0.3) is 0 Å². The van der Waals surface area contributed by atoms with Gasteiger partial charge in [0, 0.05) is 19.0 Å². The molecule has 0 aliphatic rings. The molecule has 0 unspecified atom stereocenters. The second kappa shape index (κ2) is 5.08. The van der Waals surface area contributed by atoms with Crippen LogP contribution in [-0.2, 0) is 6.42 Å². The number of hydrogen-bond donors (Lipinski definition) is 1. The summed E-state index contributed by atoms with van der Waals surface area (Å²) in [5.74, 6) is 5.75. The minimum Gasteiger partial charge on any atom is -0.355 e. The average molecular weight is 187 g/mol. The Hall–Kier alpha value is -1.75. The van der Waals surface area contributed by atoms with Gasteiger partial charge in [-0.05, 0) is 24.6 Å². The van der Waals surface area contributed by atoms with Crippen LogP contribution in [0, 0.1) is 11.8 Å². The van der Waals surface area contributed by atoms with E-state index >= 15 is 0 Å². The zero-order valence-electron chi connectivity index (χ0n) is 8.42. The summed E-state index contributed by atoms with van der Waals surface area (Å²) in [6, 6.07) is 7.47. The summed E-state index contributed by atoms with van der Waals surface area (Å²) in [7, 11) is 1.62. The van der Waals surface area contributed by atoms with Crippen molar-refractivity contribution in [2.24, 2.45) is 0 Å². The maximum Gasteiger partial charge on any atom is 0.251 e. The molecular weight excluding hydrogens is 174 g/mol. The lowest BCUT2D eigenvalue weighted by molar-refractivity contribution is 0.0963. The highest BCUT2D eigenvalue weighted by molar-refractivity contribution is 5.93. The third-order valence-electron chi connectivity index (χ3n) is 1.91. The first kappa shape index (κ1) is 10.3. The zero-order valence-corrected chi connectivity index (χ0v) is 8.42. The van der Waals surface area contributed by atoms with Crippen molar-refractivity contribution in [2.45, 2.75) is 13.3 Å².